The topological polar surface area (TPSA) is 80.0 Å². The van der Waals surface area contributed by atoms with Crippen LogP contribution in [-0.2, 0) is 4.79 Å². The number of nitrogens with two attached hydrogens (primary N) is 1. The van der Waals surface area contributed by atoms with E-state index in [1.165, 1.54) is 70.0 Å². The molecule has 0 aliphatic carbocycles. The molecule has 4 aromatic rings. The summed E-state index contributed by atoms with van der Waals surface area (Å²) in [6.45, 7) is 6.79. The van der Waals surface area contributed by atoms with Crippen molar-refractivity contribution in [3.63, 3.8) is 0 Å². The first-order chi connectivity index (χ1) is 24.8. The predicted octanol–water partition coefficient (Wildman–Crippen LogP) is 11.9. The molecule has 8 heteroatoms. The summed E-state index contributed by atoms with van der Waals surface area (Å²) in [4.78, 5) is 17.7. The minimum absolute atomic E-state index is 0.0266. The van der Waals surface area contributed by atoms with Crippen LogP contribution in [0, 0.1) is 11.6 Å². The average Bonchev–Trinajstić information content (AvgIpc) is 3.14. The molecule has 1 aliphatic heterocycles. The number of anilines is 2. The first-order valence-corrected chi connectivity index (χ1v) is 26.4. The molecule has 270 valence electrons. The third-order valence-corrected chi connectivity index (χ3v) is 25.6. The second-order valence-corrected chi connectivity index (χ2v) is 27.4. The first-order valence-electron chi connectivity index (χ1n) is 18.9. The zero-order chi connectivity index (χ0) is 36.2. The van der Waals surface area contributed by atoms with E-state index >= 15 is 0 Å². The Hall–Kier alpha value is -3.72. The number of benzene rings is 3. The maximum absolute atomic E-state index is 14.8. The van der Waals surface area contributed by atoms with Gasteiger partial charge >= 0.3 is 223 Å². The number of rotatable bonds is 14. The van der Waals surface area contributed by atoms with Crippen LogP contribution < -0.4 is 16.4 Å². The zero-order valence-corrected chi connectivity index (χ0v) is 33.4. The molecule has 2 bridgehead atoms. The number of carbonyl (C=O) groups excluding carboxylic acids is 1. The normalized spacial score (nSPS) is 15.4. The Morgan fingerprint density at radius 3 is 2.22 bits per heavy atom. The Balaban J connectivity index is 1.46. The molecule has 1 amide bonds. The molecule has 5 rings (SSSR count). The van der Waals surface area contributed by atoms with E-state index in [9.17, 15) is 13.6 Å². The van der Waals surface area contributed by atoms with E-state index in [2.05, 4.69) is 43.5 Å². The summed E-state index contributed by atoms with van der Waals surface area (Å²) < 4.78 is 34.1. The Morgan fingerprint density at radius 2 is 1.55 bits per heavy atom. The number of pyridine rings is 1. The number of carbonyl (C=O) groups is 1. The van der Waals surface area contributed by atoms with Crippen molar-refractivity contribution in [3.8, 4) is 22.3 Å². The van der Waals surface area contributed by atoms with Crippen LogP contribution in [0.15, 0.2) is 88.9 Å². The van der Waals surface area contributed by atoms with Crippen molar-refractivity contribution in [3.05, 3.63) is 112 Å². The van der Waals surface area contributed by atoms with Gasteiger partial charge in [-0.05, 0) is 30.2 Å². The number of hydrogen-bond acceptors (Lipinski definition) is 4. The van der Waals surface area contributed by atoms with Gasteiger partial charge < -0.3 is 5.32 Å². The zero-order valence-electron chi connectivity index (χ0n) is 30.5. The predicted molar refractivity (Wildman–Crippen MR) is 211 cm³/mol. The van der Waals surface area contributed by atoms with E-state index in [0.29, 0.717) is 17.7 Å². The maximum atomic E-state index is 14.8. The van der Waals surface area contributed by atoms with Crippen LogP contribution >= 0.6 is 0 Å². The summed E-state index contributed by atoms with van der Waals surface area (Å²) in [6, 6.07) is 21.4. The minimum atomic E-state index is -2.80. The molecule has 51 heavy (non-hydrogen) atoms. The summed E-state index contributed by atoms with van der Waals surface area (Å²) in [5.41, 5.74) is 13.5. The SMILES string of the molecule is CCC[CH2][Sn]([CH2]CCC)([CH2]CCC)/[C](N)=C/Nc1ccc(F)cc1-c1ccc(C2CCCCC(=O)Nc3ccc(F)cc3-c3cccc2c3)nc1. The summed E-state index contributed by atoms with van der Waals surface area (Å²) >= 11 is -2.80. The molecule has 3 aromatic carbocycles. The van der Waals surface area contributed by atoms with Gasteiger partial charge in [0.15, 0.2) is 0 Å². The molecule has 0 saturated heterocycles. The molecular weight excluding hydrogens is 745 g/mol. The van der Waals surface area contributed by atoms with Crippen molar-refractivity contribution in [2.45, 2.75) is 104 Å². The third kappa shape index (κ3) is 9.99. The number of nitrogens with zero attached hydrogens (tertiary/aromatic N) is 1. The van der Waals surface area contributed by atoms with Gasteiger partial charge in [0.2, 0.25) is 5.91 Å². The van der Waals surface area contributed by atoms with Gasteiger partial charge in [0, 0.05) is 17.7 Å². The van der Waals surface area contributed by atoms with E-state index in [1.807, 2.05) is 36.7 Å². The van der Waals surface area contributed by atoms with E-state index in [1.54, 1.807) is 18.2 Å². The van der Waals surface area contributed by atoms with Crippen LogP contribution in [0.3, 0.4) is 0 Å². The van der Waals surface area contributed by atoms with Crippen LogP contribution in [0.4, 0.5) is 20.2 Å². The fraction of sp³-hybridized carbons (Fsp3) is 0.395. The number of nitrogens with one attached hydrogen (secondary N) is 2. The number of halogens is 2. The van der Waals surface area contributed by atoms with Crippen LogP contribution in [0.1, 0.15) is 102 Å². The Labute approximate surface area is 307 Å². The number of fused-ring (bicyclic) bond motifs is 4. The van der Waals surface area contributed by atoms with Gasteiger partial charge in [0.25, 0.3) is 0 Å². The van der Waals surface area contributed by atoms with Crippen molar-refractivity contribution < 1.29 is 13.6 Å². The number of amides is 1. The second-order valence-electron chi connectivity index (χ2n) is 14.2. The number of hydrogen-bond donors (Lipinski definition) is 3. The Bertz CT molecular complexity index is 1770. The summed E-state index contributed by atoms with van der Waals surface area (Å²) in [6.07, 6.45) is 13.9. The molecule has 1 unspecified atom stereocenters. The Kier molecular flexibility index (Phi) is 14.1. The van der Waals surface area contributed by atoms with Gasteiger partial charge in [-0.25, -0.2) is 4.39 Å². The van der Waals surface area contributed by atoms with Gasteiger partial charge in [-0.2, -0.15) is 0 Å². The van der Waals surface area contributed by atoms with Gasteiger partial charge in [0.1, 0.15) is 5.82 Å². The van der Waals surface area contributed by atoms with Crippen molar-refractivity contribution in [2.24, 2.45) is 5.73 Å². The van der Waals surface area contributed by atoms with Gasteiger partial charge in [-0.15, -0.1) is 0 Å². The molecule has 1 aromatic heterocycles. The van der Waals surface area contributed by atoms with Gasteiger partial charge in [-0.3, -0.25) is 4.79 Å². The molecule has 5 nitrogen and oxygen atoms in total. The van der Waals surface area contributed by atoms with Crippen molar-refractivity contribution in [1.82, 2.24) is 4.98 Å². The number of aromatic nitrogens is 1. The van der Waals surface area contributed by atoms with Crippen molar-refractivity contribution in [2.75, 3.05) is 10.6 Å². The molecule has 4 N–H and O–H groups in total. The second kappa shape index (κ2) is 18.7. The number of unbranched alkanes of at least 4 members (excludes halogenated alkanes) is 3. The van der Waals surface area contributed by atoms with Gasteiger partial charge in [-0.1, -0.05) is 12.1 Å². The van der Waals surface area contributed by atoms with Crippen LogP contribution in [0.2, 0.25) is 13.3 Å². The van der Waals surface area contributed by atoms with Gasteiger partial charge in [0.05, 0.1) is 0 Å². The molecule has 0 radical (unpaired) electrons. The summed E-state index contributed by atoms with van der Waals surface area (Å²) in [5.74, 6) is -0.769. The fourth-order valence-corrected chi connectivity index (χ4v) is 21.9. The summed E-state index contributed by atoms with van der Waals surface area (Å²) in [7, 11) is 0. The van der Waals surface area contributed by atoms with E-state index in [-0.39, 0.29) is 23.5 Å². The fourth-order valence-electron chi connectivity index (χ4n) is 7.43. The molecular formula is C43H54F2N4OSn. The molecule has 0 saturated carbocycles. The first kappa shape index (κ1) is 38.5. The molecule has 2 heterocycles. The summed E-state index contributed by atoms with van der Waals surface area (Å²) in [5, 5.41) is 6.50. The average molecular weight is 800 g/mol. The van der Waals surface area contributed by atoms with Crippen molar-refractivity contribution >= 4 is 35.7 Å². The van der Waals surface area contributed by atoms with E-state index in [0.717, 1.165) is 56.6 Å². The van der Waals surface area contributed by atoms with Crippen LogP contribution in [0.25, 0.3) is 22.3 Å². The molecule has 0 fully saturated rings. The third-order valence-electron chi connectivity index (χ3n) is 10.5. The Morgan fingerprint density at radius 1 is 0.863 bits per heavy atom. The molecule has 0 spiro atoms. The van der Waals surface area contributed by atoms with E-state index < -0.39 is 18.4 Å². The van der Waals surface area contributed by atoms with Crippen molar-refractivity contribution in [1.29, 1.82) is 0 Å². The van der Waals surface area contributed by atoms with E-state index in [4.69, 9.17) is 10.7 Å². The standard InChI is InChI=1S/C31H27F2N4O.3C4H9.Sn/c32-23-9-12-29(35-15-14-34)27(18-23)22-8-11-28(36-19-22)25-6-1-2-7-31(38)37-30-13-10-24(33)17-26(30)21-5-3-4-20(25)16-21;3*1-3-4-2;/h3-5,8-13,15-19,25,35H,1-2,6-7,34H2,(H,37,38);3*1,3-4H2,2H3;. The monoisotopic (exact) mass is 800 g/mol. The van der Waals surface area contributed by atoms with Crippen LogP contribution in [-0.4, -0.2) is 29.3 Å². The quantitative estimate of drug-likeness (QED) is 0.111. The molecule has 1 atom stereocenters. The molecule has 1 aliphatic rings. The van der Waals surface area contributed by atoms with Crippen LogP contribution in [0.5, 0.6) is 0 Å².